The third-order valence-electron chi connectivity index (χ3n) is 5.40. The highest BCUT2D eigenvalue weighted by atomic mass is 32.1. The first-order chi connectivity index (χ1) is 13.0. The van der Waals surface area contributed by atoms with E-state index in [2.05, 4.69) is 10.2 Å². The van der Waals surface area contributed by atoms with Crippen LogP contribution in [0, 0.1) is 6.92 Å². The highest BCUT2D eigenvalue weighted by Crippen LogP contribution is 2.30. The topological polar surface area (TPSA) is 68.5 Å². The van der Waals surface area contributed by atoms with Gasteiger partial charge in [-0.05, 0) is 44.5 Å². The van der Waals surface area contributed by atoms with Crippen molar-refractivity contribution < 1.29 is 4.74 Å². The van der Waals surface area contributed by atoms with E-state index in [0.29, 0.717) is 25.0 Å². The van der Waals surface area contributed by atoms with E-state index in [1.165, 1.54) is 15.9 Å². The first-order valence-corrected chi connectivity index (χ1v) is 10.6. The van der Waals surface area contributed by atoms with Crippen molar-refractivity contribution in [2.75, 3.05) is 19.7 Å². The molecule has 2 aromatic heterocycles. The van der Waals surface area contributed by atoms with Crippen LogP contribution in [0.1, 0.15) is 30.2 Å². The van der Waals surface area contributed by atoms with Crippen LogP contribution in [0.4, 0.5) is 0 Å². The molecule has 2 aliphatic rings. The largest absolute Gasteiger partial charge is 0.376 e. The van der Waals surface area contributed by atoms with Gasteiger partial charge in [0.05, 0.1) is 24.6 Å². The van der Waals surface area contributed by atoms with Gasteiger partial charge < -0.3 is 15.0 Å². The van der Waals surface area contributed by atoms with Gasteiger partial charge in [-0.15, -0.1) is 11.3 Å². The summed E-state index contributed by atoms with van der Waals surface area (Å²) in [4.78, 5) is 29.9. The maximum atomic E-state index is 13.0. The first-order valence-electron chi connectivity index (χ1n) is 9.41. The molecule has 0 amide bonds. The van der Waals surface area contributed by atoms with Gasteiger partial charge in [-0.1, -0.05) is 0 Å². The van der Waals surface area contributed by atoms with E-state index in [1.807, 2.05) is 13.8 Å². The smallest absolute Gasteiger partial charge is 0.332 e. The minimum absolute atomic E-state index is 0.0370. The molecule has 2 fully saturated rings. The van der Waals surface area contributed by atoms with Crippen LogP contribution in [-0.4, -0.2) is 44.9 Å². The van der Waals surface area contributed by atoms with Crippen LogP contribution >= 0.6 is 23.6 Å². The maximum Gasteiger partial charge on any atom is 0.332 e. The monoisotopic (exact) mass is 408 g/mol. The van der Waals surface area contributed by atoms with Crippen LogP contribution in [0.5, 0.6) is 0 Å². The average Bonchev–Trinajstić information content (AvgIpc) is 3.36. The van der Waals surface area contributed by atoms with Gasteiger partial charge in [0.25, 0.3) is 5.56 Å². The van der Waals surface area contributed by atoms with E-state index < -0.39 is 0 Å². The molecule has 2 aromatic rings. The molecule has 1 unspecified atom stereocenters. The van der Waals surface area contributed by atoms with Crippen molar-refractivity contribution in [2.45, 2.75) is 52.4 Å². The fourth-order valence-corrected chi connectivity index (χ4v) is 5.43. The Morgan fingerprint density at radius 1 is 1.33 bits per heavy atom. The molecule has 0 radical (unpaired) electrons. The molecule has 4 heterocycles. The summed E-state index contributed by atoms with van der Waals surface area (Å²) in [7, 11) is 0. The van der Waals surface area contributed by atoms with E-state index >= 15 is 0 Å². The lowest BCUT2D eigenvalue weighted by Gasteiger charge is -2.15. The van der Waals surface area contributed by atoms with Crippen LogP contribution in [-0.2, 0) is 24.4 Å². The lowest BCUT2D eigenvalue weighted by atomic mass is 10.2. The standard InChI is InChI=1S/C18H24N4O3S2/c1-3-21-15(23)14-11(2)13(10-20-7-6-19-17(20)26)27-16(14)22(18(21)24)9-12-5-4-8-25-12/h12H,3-10H2,1-2H3,(H,19,26). The molecule has 2 aliphatic heterocycles. The van der Waals surface area contributed by atoms with Gasteiger partial charge in [-0.2, -0.15) is 0 Å². The second-order valence-corrected chi connectivity index (χ2v) is 8.53. The van der Waals surface area contributed by atoms with Crippen LogP contribution in [0.2, 0.25) is 0 Å². The summed E-state index contributed by atoms with van der Waals surface area (Å²) in [5.74, 6) is 0. The minimum Gasteiger partial charge on any atom is -0.376 e. The third-order valence-corrected chi connectivity index (χ3v) is 7.10. The zero-order valence-electron chi connectivity index (χ0n) is 15.6. The Bertz CT molecular complexity index is 1000. The highest BCUT2D eigenvalue weighted by molar-refractivity contribution is 7.80. The SMILES string of the molecule is CCn1c(=O)c2c(C)c(CN3CCNC3=S)sc2n(CC2CCCO2)c1=O. The minimum atomic E-state index is -0.239. The van der Waals surface area contributed by atoms with E-state index in [4.69, 9.17) is 17.0 Å². The number of rotatable bonds is 5. The molecular weight excluding hydrogens is 384 g/mol. The third kappa shape index (κ3) is 3.21. The molecule has 146 valence electrons. The number of aromatic nitrogens is 2. The van der Waals surface area contributed by atoms with Crippen molar-refractivity contribution in [3.05, 3.63) is 31.3 Å². The Balaban J connectivity index is 1.84. The second kappa shape index (κ2) is 7.37. The van der Waals surface area contributed by atoms with E-state index in [1.54, 1.807) is 4.57 Å². The fraction of sp³-hybridized carbons (Fsp3) is 0.611. The number of thiocarbonyl (C=S) groups is 1. The lowest BCUT2D eigenvalue weighted by Crippen LogP contribution is -2.40. The molecule has 0 aromatic carbocycles. The quantitative estimate of drug-likeness (QED) is 0.755. The number of aryl methyl sites for hydroxylation is 1. The molecule has 0 saturated carbocycles. The van der Waals surface area contributed by atoms with Gasteiger partial charge in [0, 0.05) is 31.1 Å². The summed E-state index contributed by atoms with van der Waals surface area (Å²) in [5.41, 5.74) is 0.526. The Hall–Kier alpha value is -1.71. The number of hydrogen-bond donors (Lipinski definition) is 1. The summed E-state index contributed by atoms with van der Waals surface area (Å²) in [6.07, 6.45) is 2.00. The number of fused-ring (bicyclic) bond motifs is 1. The van der Waals surface area contributed by atoms with E-state index in [0.717, 1.165) is 52.9 Å². The molecule has 0 spiro atoms. The van der Waals surface area contributed by atoms with Crippen molar-refractivity contribution in [2.24, 2.45) is 0 Å². The summed E-state index contributed by atoms with van der Waals surface area (Å²) in [6, 6.07) is 0. The Labute approximate surface area is 166 Å². The number of nitrogens with zero attached hydrogens (tertiary/aromatic N) is 3. The van der Waals surface area contributed by atoms with Gasteiger partial charge in [0.15, 0.2) is 5.11 Å². The second-order valence-electron chi connectivity index (χ2n) is 7.06. The van der Waals surface area contributed by atoms with Gasteiger partial charge >= 0.3 is 5.69 Å². The fourth-order valence-electron chi connectivity index (χ4n) is 3.86. The van der Waals surface area contributed by atoms with Gasteiger partial charge in [-0.3, -0.25) is 13.9 Å². The average molecular weight is 409 g/mol. The van der Waals surface area contributed by atoms with Crippen LogP contribution in [0.25, 0.3) is 10.2 Å². The van der Waals surface area contributed by atoms with E-state index in [-0.39, 0.29) is 17.4 Å². The molecule has 1 N–H and O–H groups in total. The van der Waals surface area contributed by atoms with Gasteiger partial charge in [-0.25, -0.2) is 4.79 Å². The summed E-state index contributed by atoms with van der Waals surface area (Å²) < 4.78 is 8.83. The van der Waals surface area contributed by atoms with Crippen LogP contribution in [0.3, 0.4) is 0 Å². The maximum absolute atomic E-state index is 13.0. The van der Waals surface area contributed by atoms with Gasteiger partial charge in [0.2, 0.25) is 0 Å². The Morgan fingerprint density at radius 3 is 2.78 bits per heavy atom. The normalized spacial score (nSPS) is 20.0. The van der Waals surface area contributed by atoms with Crippen molar-refractivity contribution in [3.63, 3.8) is 0 Å². The summed E-state index contributed by atoms with van der Waals surface area (Å²) >= 11 is 6.89. The van der Waals surface area contributed by atoms with Crippen molar-refractivity contribution >= 4 is 38.9 Å². The number of thiophene rings is 1. The zero-order valence-corrected chi connectivity index (χ0v) is 17.3. The molecule has 4 rings (SSSR count). The molecule has 0 aliphatic carbocycles. The van der Waals surface area contributed by atoms with Crippen molar-refractivity contribution in [1.82, 2.24) is 19.4 Å². The summed E-state index contributed by atoms with van der Waals surface area (Å²) in [5, 5.41) is 4.57. The van der Waals surface area contributed by atoms with Crippen LogP contribution < -0.4 is 16.6 Å². The van der Waals surface area contributed by atoms with Crippen molar-refractivity contribution in [1.29, 1.82) is 0 Å². The zero-order chi connectivity index (χ0) is 19.1. The van der Waals surface area contributed by atoms with Crippen molar-refractivity contribution in [3.8, 4) is 0 Å². The molecule has 9 heteroatoms. The number of ether oxygens (including phenoxy) is 1. The molecular formula is C18H24N4O3S2. The number of nitrogens with one attached hydrogen (secondary N) is 1. The van der Waals surface area contributed by atoms with Crippen LogP contribution in [0.15, 0.2) is 9.59 Å². The number of hydrogen-bond acceptors (Lipinski definition) is 5. The lowest BCUT2D eigenvalue weighted by molar-refractivity contribution is 0.0966. The predicted octanol–water partition coefficient (Wildman–Crippen LogP) is 1.42. The Kier molecular flexibility index (Phi) is 5.09. The highest BCUT2D eigenvalue weighted by Gasteiger charge is 2.25. The Morgan fingerprint density at radius 2 is 2.15 bits per heavy atom. The molecule has 1 atom stereocenters. The molecule has 2 saturated heterocycles. The summed E-state index contributed by atoms with van der Waals surface area (Å²) in [6.45, 7) is 7.78. The predicted molar refractivity (Wildman–Crippen MR) is 111 cm³/mol. The molecule has 7 nitrogen and oxygen atoms in total. The van der Waals surface area contributed by atoms with Gasteiger partial charge in [0.1, 0.15) is 4.83 Å². The van der Waals surface area contributed by atoms with E-state index in [9.17, 15) is 9.59 Å². The first kappa shape index (κ1) is 18.6. The molecule has 27 heavy (non-hydrogen) atoms. The molecule has 0 bridgehead atoms.